The Bertz CT molecular complexity index is 1360. The first-order chi connectivity index (χ1) is 18.6. The number of nitrogens with zero attached hydrogens (tertiary/aromatic N) is 3. The van der Waals surface area contributed by atoms with Gasteiger partial charge < -0.3 is 15.0 Å². The lowest BCUT2D eigenvalue weighted by Crippen LogP contribution is -2.54. The molecule has 2 heterocycles. The number of carbonyl (C=O) groups is 2. The van der Waals surface area contributed by atoms with E-state index in [1.807, 2.05) is 13.0 Å². The fourth-order valence-corrected chi connectivity index (χ4v) is 4.60. The summed E-state index contributed by atoms with van der Waals surface area (Å²) in [5, 5.41) is 2.69. The Morgan fingerprint density at radius 2 is 1.87 bits per heavy atom. The van der Waals surface area contributed by atoms with Crippen molar-refractivity contribution in [3.8, 4) is 5.75 Å². The Labute approximate surface area is 227 Å². The van der Waals surface area contributed by atoms with Gasteiger partial charge in [-0.25, -0.2) is 13.8 Å². The van der Waals surface area contributed by atoms with Crippen molar-refractivity contribution in [1.82, 2.24) is 14.8 Å². The van der Waals surface area contributed by atoms with Gasteiger partial charge in [-0.05, 0) is 79.9 Å². The molecule has 1 aliphatic rings. The SMILES string of the molecule is C=CC(=O)N1CCN(C[C@H](Oc2ccc(C(=O)Nc3ncc(F)cc3C)cc2)c2ccc(C)c(F)c2)C[C@H]1C. The first kappa shape index (κ1) is 27.9. The van der Waals surface area contributed by atoms with E-state index in [1.165, 1.54) is 18.2 Å². The molecule has 7 nitrogen and oxygen atoms in total. The van der Waals surface area contributed by atoms with Crippen LogP contribution in [0.25, 0.3) is 0 Å². The summed E-state index contributed by atoms with van der Waals surface area (Å²) in [4.78, 5) is 32.7. The van der Waals surface area contributed by atoms with Crippen LogP contribution in [-0.4, -0.2) is 58.8 Å². The lowest BCUT2D eigenvalue weighted by Gasteiger charge is -2.40. The van der Waals surface area contributed by atoms with Crippen LogP contribution in [0.3, 0.4) is 0 Å². The van der Waals surface area contributed by atoms with Gasteiger partial charge in [-0.2, -0.15) is 0 Å². The van der Waals surface area contributed by atoms with E-state index < -0.39 is 11.9 Å². The molecule has 1 fully saturated rings. The van der Waals surface area contributed by atoms with E-state index in [9.17, 15) is 18.4 Å². The van der Waals surface area contributed by atoms with Crippen LogP contribution in [0.5, 0.6) is 5.75 Å². The molecule has 1 aromatic heterocycles. The first-order valence-electron chi connectivity index (χ1n) is 12.8. The monoisotopic (exact) mass is 534 g/mol. The van der Waals surface area contributed by atoms with Gasteiger partial charge in [-0.1, -0.05) is 18.7 Å². The number of hydrogen-bond acceptors (Lipinski definition) is 5. The van der Waals surface area contributed by atoms with Crippen molar-refractivity contribution in [1.29, 1.82) is 0 Å². The van der Waals surface area contributed by atoms with Gasteiger partial charge in [0, 0.05) is 37.8 Å². The molecule has 2 amide bonds. The predicted molar refractivity (Wildman–Crippen MR) is 146 cm³/mol. The maximum Gasteiger partial charge on any atom is 0.256 e. The normalized spacial score (nSPS) is 16.4. The lowest BCUT2D eigenvalue weighted by atomic mass is 10.0. The van der Waals surface area contributed by atoms with E-state index in [-0.39, 0.29) is 29.5 Å². The number of halogens is 2. The maximum atomic E-state index is 14.5. The predicted octanol–water partition coefficient (Wildman–Crippen LogP) is 5.07. The summed E-state index contributed by atoms with van der Waals surface area (Å²) in [6, 6.07) is 13.0. The Hall–Kier alpha value is -4.11. The second kappa shape index (κ2) is 12.2. The molecule has 1 saturated heterocycles. The van der Waals surface area contributed by atoms with Crippen LogP contribution in [0, 0.1) is 25.5 Å². The number of nitrogens with one attached hydrogen (secondary N) is 1. The van der Waals surface area contributed by atoms with Crippen molar-refractivity contribution in [2.75, 3.05) is 31.5 Å². The van der Waals surface area contributed by atoms with Gasteiger partial charge in [-0.15, -0.1) is 0 Å². The van der Waals surface area contributed by atoms with Gasteiger partial charge in [0.25, 0.3) is 5.91 Å². The molecule has 2 aromatic carbocycles. The minimum atomic E-state index is -0.486. The van der Waals surface area contributed by atoms with Crippen molar-refractivity contribution in [2.45, 2.75) is 32.9 Å². The number of aryl methyl sites for hydroxylation is 2. The van der Waals surface area contributed by atoms with Gasteiger partial charge >= 0.3 is 0 Å². The van der Waals surface area contributed by atoms with Crippen molar-refractivity contribution >= 4 is 17.6 Å². The number of piperazine rings is 1. The van der Waals surface area contributed by atoms with E-state index in [4.69, 9.17) is 4.74 Å². The summed E-state index contributed by atoms with van der Waals surface area (Å²) in [6.07, 6.45) is 1.89. The van der Waals surface area contributed by atoms with E-state index in [0.29, 0.717) is 54.2 Å². The highest BCUT2D eigenvalue weighted by molar-refractivity contribution is 6.04. The van der Waals surface area contributed by atoms with E-state index in [1.54, 1.807) is 49.1 Å². The first-order valence-corrected chi connectivity index (χ1v) is 12.8. The summed E-state index contributed by atoms with van der Waals surface area (Å²) < 4.78 is 34.1. The largest absolute Gasteiger partial charge is 0.484 e. The minimum absolute atomic E-state index is 0.00307. The average Bonchev–Trinajstić information content (AvgIpc) is 2.91. The Balaban J connectivity index is 1.48. The number of hydrogen-bond donors (Lipinski definition) is 1. The Morgan fingerprint density at radius 3 is 2.51 bits per heavy atom. The number of rotatable bonds is 8. The zero-order valence-corrected chi connectivity index (χ0v) is 22.3. The molecule has 9 heteroatoms. The summed E-state index contributed by atoms with van der Waals surface area (Å²) >= 11 is 0. The number of benzene rings is 2. The molecule has 0 spiro atoms. The smallest absolute Gasteiger partial charge is 0.256 e. The fraction of sp³-hybridized carbons (Fsp3) is 0.300. The molecule has 0 aliphatic carbocycles. The highest BCUT2D eigenvalue weighted by atomic mass is 19.1. The number of anilines is 1. The van der Waals surface area contributed by atoms with Crippen molar-refractivity contribution in [2.24, 2.45) is 0 Å². The quantitative estimate of drug-likeness (QED) is 0.409. The van der Waals surface area contributed by atoms with Gasteiger partial charge in [0.15, 0.2) is 0 Å². The second-order valence-corrected chi connectivity index (χ2v) is 9.76. The van der Waals surface area contributed by atoms with E-state index in [2.05, 4.69) is 21.8 Å². The highest BCUT2D eigenvalue weighted by Gasteiger charge is 2.28. The van der Waals surface area contributed by atoms with Crippen LogP contribution >= 0.6 is 0 Å². The molecule has 1 N–H and O–H groups in total. The summed E-state index contributed by atoms with van der Waals surface area (Å²) in [5.74, 6) is -0.467. The second-order valence-electron chi connectivity index (χ2n) is 9.76. The molecule has 2 atom stereocenters. The summed E-state index contributed by atoms with van der Waals surface area (Å²) in [6.45, 7) is 11.3. The molecule has 4 rings (SSSR count). The van der Waals surface area contributed by atoms with Crippen LogP contribution in [0.1, 0.15) is 40.1 Å². The summed E-state index contributed by atoms with van der Waals surface area (Å²) in [5.41, 5.74) is 2.13. The topological polar surface area (TPSA) is 74.8 Å². The Kier molecular flexibility index (Phi) is 8.71. The number of pyridine rings is 1. The molecule has 0 unspecified atom stereocenters. The van der Waals surface area contributed by atoms with E-state index >= 15 is 0 Å². The molecule has 0 bridgehead atoms. The maximum absolute atomic E-state index is 14.5. The lowest BCUT2D eigenvalue weighted by molar-refractivity contribution is -0.130. The third kappa shape index (κ3) is 6.86. The number of ether oxygens (including phenoxy) is 1. The fourth-order valence-electron chi connectivity index (χ4n) is 4.60. The molecule has 3 aromatic rings. The molecule has 0 radical (unpaired) electrons. The molecule has 0 saturated carbocycles. The molecular formula is C30H32F2N4O3. The summed E-state index contributed by atoms with van der Waals surface area (Å²) in [7, 11) is 0. The standard InChI is InChI=1S/C30H32F2N4O3/c1-5-28(37)36-13-12-35(17-21(36)4)18-27(23-7-6-19(2)26(32)15-23)39-25-10-8-22(9-11-25)30(38)34-29-20(3)14-24(31)16-33-29/h5-11,14-16,21,27H,1,12-13,17-18H2,2-4H3,(H,33,34,38)/t21-,27+/m1/s1. The van der Waals surface area contributed by atoms with Gasteiger partial charge in [-0.3, -0.25) is 14.5 Å². The van der Waals surface area contributed by atoms with Crippen LogP contribution in [-0.2, 0) is 4.79 Å². The third-order valence-corrected chi connectivity index (χ3v) is 6.83. The zero-order chi connectivity index (χ0) is 28.1. The average molecular weight is 535 g/mol. The Morgan fingerprint density at radius 1 is 1.13 bits per heavy atom. The van der Waals surface area contributed by atoms with Gasteiger partial charge in [0.05, 0.1) is 6.20 Å². The van der Waals surface area contributed by atoms with Crippen LogP contribution in [0.4, 0.5) is 14.6 Å². The highest BCUT2D eigenvalue weighted by Crippen LogP contribution is 2.26. The molecular weight excluding hydrogens is 502 g/mol. The number of carbonyl (C=O) groups excluding carboxylic acids is 2. The third-order valence-electron chi connectivity index (χ3n) is 6.83. The number of amides is 2. The van der Waals surface area contributed by atoms with Crippen LogP contribution < -0.4 is 10.1 Å². The van der Waals surface area contributed by atoms with E-state index in [0.717, 1.165) is 6.20 Å². The minimum Gasteiger partial charge on any atom is -0.484 e. The zero-order valence-electron chi connectivity index (χ0n) is 22.3. The molecule has 204 valence electrons. The van der Waals surface area contributed by atoms with Crippen molar-refractivity contribution in [3.63, 3.8) is 0 Å². The van der Waals surface area contributed by atoms with Gasteiger partial charge in [0.2, 0.25) is 5.91 Å². The molecule has 39 heavy (non-hydrogen) atoms. The number of aromatic nitrogens is 1. The van der Waals surface area contributed by atoms with Crippen molar-refractivity contribution in [3.05, 3.63) is 101 Å². The van der Waals surface area contributed by atoms with Crippen LogP contribution in [0.15, 0.2) is 67.4 Å². The van der Waals surface area contributed by atoms with Gasteiger partial charge in [0.1, 0.15) is 29.3 Å². The van der Waals surface area contributed by atoms with Crippen LogP contribution in [0.2, 0.25) is 0 Å². The van der Waals surface area contributed by atoms with Crippen molar-refractivity contribution < 1.29 is 23.1 Å². The molecule has 1 aliphatic heterocycles.